The molecule has 1 aromatic carbocycles. The van der Waals surface area contributed by atoms with Crippen LogP contribution in [0.15, 0.2) is 35.1 Å². The molecule has 0 radical (unpaired) electrons. The number of benzene rings is 1. The highest BCUT2D eigenvalue weighted by molar-refractivity contribution is 6.42. The van der Waals surface area contributed by atoms with Gasteiger partial charge in [0.05, 0.1) is 40.1 Å². The molecule has 3 atom stereocenters. The van der Waals surface area contributed by atoms with Gasteiger partial charge < -0.3 is 9.80 Å². The minimum Gasteiger partial charge on any atom is -0.331 e. The summed E-state index contributed by atoms with van der Waals surface area (Å²) in [5.41, 5.74) is 2.96. The lowest BCUT2D eigenvalue weighted by Gasteiger charge is -2.37. The van der Waals surface area contributed by atoms with Crippen LogP contribution in [0.25, 0.3) is 0 Å². The summed E-state index contributed by atoms with van der Waals surface area (Å²) >= 11 is 12.2. The maximum absolute atomic E-state index is 13.8. The van der Waals surface area contributed by atoms with Gasteiger partial charge >= 0.3 is 0 Å². The molecule has 0 aliphatic carbocycles. The van der Waals surface area contributed by atoms with E-state index in [1.807, 2.05) is 20.8 Å². The number of amides is 2. The molecular weight excluding hydrogens is 503 g/mol. The zero-order valence-electron chi connectivity index (χ0n) is 20.4. The number of carbonyl (C=O) groups is 2. The van der Waals surface area contributed by atoms with E-state index in [0.717, 1.165) is 11.3 Å². The largest absolute Gasteiger partial charge is 0.331 e. The van der Waals surface area contributed by atoms with Gasteiger partial charge in [0, 0.05) is 43.2 Å². The van der Waals surface area contributed by atoms with Crippen LogP contribution in [0.2, 0.25) is 10.0 Å². The van der Waals surface area contributed by atoms with Crippen molar-refractivity contribution in [2.45, 2.75) is 51.9 Å². The van der Waals surface area contributed by atoms with E-state index >= 15 is 0 Å². The third-order valence-electron chi connectivity index (χ3n) is 7.09. The first-order valence-electron chi connectivity index (χ1n) is 11.8. The molecule has 2 aromatic heterocycles. The fraction of sp³-hybridized carbons (Fsp3) is 0.400. The highest BCUT2D eigenvalue weighted by Crippen LogP contribution is 2.35. The van der Waals surface area contributed by atoms with Crippen LogP contribution in [0.4, 0.5) is 0 Å². The lowest BCUT2D eigenvalue weighted by atomic mass is 9.97. The Morgan fingerprint density at radius 2 is 1.81 bits per heavy atom. The average molecular weight is 529 g/mol. The number of aromatic nitrogens is 4. The van der Waals surface area contributed by atoms with Crippen LogP contribution in [0.3, 0.4) is 0 Å². The van der Waals surface area contributed by atoms with Gasteiger partial charge in [-0.25, -0.2) is 4.68 Å². The number of halogens is 2. The molecule has 0 spiro atoms. The van der Waals surface area contributed by atoms with E-state index in [1.165, 1.54) is 10.7 Å². The van der Waals surface area contributed by atoms with Crippen molar-refractivity contribution < 1.29 is 9.59 Å². The topological polar surface area (TPSA) is 93.3 Å². The Balaban J connectivity index is 1.49. The molecule has 188 valence electrons. The molecule has 0 saturated heterocycles. The maximum atomic E-state index is 13.8. The molecule has 11 heteroatoms. The van der Waals surface area contributed by atoms with Crippen LogP contribution in [-0.4, -0.2) is 53.8 Å². The molecule has 2 aliphatic heterocycles. The summed E-state index contributed by atoms with van der Waals surface area (Å²) in [6.45, 7) is 6.62. The van der Waals surface area contributed by atoms with Gasteiger partial charge in [0.2, 0.25) is 0 Å². The highest BCUT2D eigenvalue weighted by Gasteiger charge is 2.40. The predicted molar refractivity (Wildman–Crippen MR) is 135 cm³/mol. The molecule has 2 aliphatic rings. The smallest absolute Gasteiger partial charge is 0.273 e. The second kappa shape index (κ2) is 9.05. The SMILES string of the molecule is C[C@@H]1Cc2nn3c(c2CN1C(=O)c1ccc(Cl)c(Cl)c1)C(=O)N([C@@H](C)c1ccc(=O)n(C)n1)C[C@H]3C. The number of hydrogen-bond acceptors (Lipinski definition) is 5. The predicted octanol–water partition coefficient (Wildman–Crippen LogP) is 3.65. The number of hydrogen-bond donors (Lipinski definition) is 0. The normalized spacial score (nSPS) is 20.2. The quantitative estimate of drug-likeness (QED) is 0.517. The van der Waals surface area contributed by atoms with E-state index < -0.39 is 0 Å². The minimum absolute atomic E-state index is 0.0622. The van der Waals surface area contributed by atoms with Crippen molar-refractivity contribution in [2.24, 2.45) is 7.05 Å². The van der Waals surface area contributed by atoms with E-state index in [1.54, 1.807) is 45.8 Å². The van der Waals surface area contributed by atoms with E-state index in [0.29, 0.717) is 40.0 Å². The lowest BCUT2D eigenvalue weighted by molar-refractivity contribution is 0.0569. The summed E-state index contributed by atoms with van der Waals surface area (Å²) in [7, 11) is 1.59. The van der Waals surface area contributed by atoms with Crippen molar-refractivity contribution >= 4 is 35.0 Å². The van der Waals surface area contributed by atoms with Crippen LogP contribution in [0.5, 0.6) is 0 Å². The Labute approximate surface area is 218 Å². The van der Waals surface area contributed by atoms with Gasteiger partial charge in [-0.2, -0.15) is 10.2 Å². The van der Waals surface area contributed by atoms with Crippen LogP contribution in [0.1, 0.15) is 70.7 Å². The summed E-state index contributed by atoms with van der Waals surface area (Å²) < 4.78 is 3.06. The second-order valence-corrected chi connectivity index (χ2v) is 10.4. The number of rotatable bonds is 3. The van der Waals surface area contributed by atoms with Crippen molar-refractivity contribution in [1.29, 1.82) is 0 Å². The molecule has 4 heterocycles. The molecule has 0 unspecified atom stereocenters. The zero-order valence-corrected chi connectivity index (χ0v) is 21.9. The van der Waals surface area contributed by atoms with Gasteiger partial charge in [0.1, 0.15) is 5.69 Å². The molecule has 5 rings (SSSR count). The number of carbonyl (C=O) groups excluding carboxylic acids is 2. The van der Waals surface area contributed by atoms with Crippen LogP contribution in [-0.2, 0) is 20.0 Å². The lowest BCUT2D eigenvalue weighted by Crippen LogP contribution is -2.46. The monoisotopic (exact) mass is 528 g/mol. The first-order chi connectivity index (χ1) is 17.1. The molecule has 0 N–H and O–H groups in total. The molecule has 9 nitrogen and oxygen atoms in total. The summed E-state index contributed by atoms with van der Waals surface area (Å²) in [5, 5.41) is 9.83. The molecule has 0 bridgehead atoms. The summed E-state index contributed by atoms with van der Waals surface area (Å²) in [4.78, 5) is 42.5. The van der Waals surface area contributed by atoms with Crippen LogP contribution >= 0.6 is 23.2 Å². The summed E-state index contributed by atoms with van der Waals surface area (Å²) in [6, 6.07) is 7.43. The Morgan fingerprint density at radius 3 is 2.50 bits per heavy atom. The van der Waals surface area contributed by atoms with Gasteiger partial charge in [0.25, 0.3) is 17.4 Å². The van der Waals surface area contributed by atoms with Crippen molar-refractivity contribution in [3.63, 3.8) is 0 Å². The minimum atomic E-state index is -0.345. The van der Waals surface area contributed by atoms with Crippen LogP contribution in [0, 0.1) is 0 Å². The number of nitrogens with zero attached hydrogens (tertiary/aromatic N) is 6. The second-order valence-electron chi connectivity index (χ2n) is 9.54. The summed E-state index contributed by atoms with van der Waals surface area (Å²) in [5.74, 6) is -0.343. The molecule has 3 aromatic rings. The van der Waals surface area contributed by atoms with E-state index in [-0.39, 0.29) is 42.0 Å². The van der Waals surface area contributed by atoms with Gasteiger partial charge in [-0.1, -0.05) is 23.2 Å². The Hall–Kier alpha value is -3.17. The maximum Gasteiger partial charge on any atom is 0.273 e. The van der Waals surface area contributed by atoms with Crippen molar-refractivity contribution in [2.75, 3.05) is 6.54 Å². The standard InChI is InChI=1S/C25H26Cl2N6O3/c1-13-9-21-17(12-31(13)24(35)16-5-6-18(26)19(27)10-16)23-25(36)32(11-14(2)33(23)29-21)15(3)20-7-8-22(34)30(4)28-20/h5-8,10,13-15H,9,11-12H2,1-4H3/t13-,14-,15+/m1/s1. The van der Waals surface area contributed by atoms with Gasteiger partial charge in [-0.3, -0.25) is 19.1 Å². The Kier molecular flexibility index (Phi) is 6.16. The molecule has 0 saturated carbocycles. The molecule has 0 fully saturated rings. The number of fused-ring (bicyclic) bond motifs is 3. The molecule has 2 amide bonds. The third-order valence-corrected chi connectivity index (χ3v) is 7.83. The van der Waals surface area contributed by atoms with Crippen molar-refractivity contribution in [3.8, 4) is 0 Å². The average Bonchev–Trinajstić information content (AvgIpc) is 3.22. The fourth-order valence-electron chi connectivity index (χ4n) is 4.99. The van der Waals surface area contributed by atoms with Gasteiger partial charge in [-0.15, -0.1) is 0 Å². The fourth-order valence-corrected chi connectivity index (χ4v) is 5.29. The van der Waals surface area contributed by atoms with Crippen molar-refractivity contribution in [1.82, 2.24) is 29.4 Å². The first-order valence-corrected chi connectivity index (χ1v) is 12.5. The molecule has 36 heavy (non-hydrogen) atoms. The first kappa shape index (κ1) is 24.5. The van der Waals surface area contributed by atoms with E-state index in [4.69, 9.17) is 28.3 Å². The van der Waals surface area contributed by atoms with Crippen LogP contribution < -0.4 is 5.56 Å². The van der Waals surface area contributed by atoms with Crippen molar-refractivity contribution in [3.05, 3.63) is 78.9 Å². The Morgan fingerprint density at radius 1 is 1.06 bits per heavy atom. The summed E-state index contributed by atoms with van der Waals surface area (Å²) in [6.07, 6.45) is 0.542. The molecular formula is C25H26Cl2N6O3. The zero-order chi connectivity index (χ0) is 25.9. The highest BCUT2D eigenvalue weighted by atomic mass is 35.5. The number of aryl methyl sites for hydroxylation is 1. The van der Waals surface area contributed by atoms with E-state index in [9.17, 15) is 14.4 Å². The Bertz CT molecular complexity index is 1450. The van der Waals surface area contributed by atoms with E-state index in [2.05, 4.69) is 5.10 Å². The van der Waals surface area contributed by atoms with Gasteiger partial charge in [0.15, 0.2) is 0 Å². The van der Waals surface area contributed by atoms with Gasteiger partial charge in [-0.05, 0) is 45.0 Å². The third kappa shape index (κ3) is 4.00.